The molecule has 4 aromatic carbocycles. The maximum atomic E-state index is 12.2. The maximum absolute atomic E-state index is 12.2. The zero-order chi connectivity index (χ0) is 35.7. The predicted molar refractivity (Wildman–Crippen MR) is 192 cm³/mol. The fraction of sp³-hybridized carbons (Fsp3) is 0.366. The Morgan fingerprint density at radius 2 is 1.57 bits per heavy atom. The molecule has 0 spiro atoms. The van der Waals surface area contributed by atoms with Crippen LogP contribution in [0.2, 0.25) is 0 Å². The molecule has 0 bridgehead atoms. The first-order valence-corrected chi connectivity index (χ1v) is 17.5. The number of ether oxygens (including phenoxy) is 4. The molecular formula is C41H46N2O8. The van der Waals surface area contributed by atoms with Gasteiger partial charge in [0.25, 0.3) is 0 Å². The summed E-state index contributed by atoms with van der Waals surface area (Å²) in [6.07, 6.45) is 1.27. The van der Waals surface area contributed by atoms with Gasteiger partial charge in [0.1, 0.15) is 0 Å². The first kappa shape index (κ1) is 36.1. The maximum Gasteiger partial charge on any atom is 0.303 e. The largest absolute Gasteiger partial charge is 0.493 e. The fourth-order valence-electron chi connectivity index (χ4n) is 6.80. The molecular weight excluding hydrogens is 648 g/mol. The number of carboxylic acids is 1. The molecule has 1 saturated heterocycles. The molecule has 1 amide bonds. The topological polar surface area (TPSA) is 127 Å². The highest BCUT2D eigenvalue weighted by molar-refractivity contribution is 5.76. The molecule has 2 heterocycles. The monoisotopic (exact) mass is 694 g/mol. The zero-order valence-electron chi connectivity index (χ0n) is 29.2. The molecule has 268 valence electrons. The molecule has 0 aliphatic carbocycles. The van der Waals surface area contributed by atoms with Gasteiger partial charge in [-0.3, -0.25) is 14.5 Å². The molecule has 1 fully saturated rings. The highest BCUT2D eigenvalue weighted by atomic mass is 16.7. The van der Waals surface area contributed by atoms with Crippen LogP contribution < -0.4 is 14.8 Å². The van der Waals surface area contributed by atoms with Crippen LogP contribution in [-0.4, -0.2) is 60.4 Å². The third-order valence-corrected chi connectivity index (χ3v) is 9.60. The number of aliphatic hydroxyl groups excluding tert-OH is 1. The molecule has 0 aromatic heterocycles. The number of amides is 1. The van der Waals surface area contributed by atoms with Crippen LogP contribution in [-0.2, 0) is 45.2 Å². The molecule has 3 N–H and O–H groups in total. The molecule has 2 aliphatic rings. The van der Waals surface area contributed by atoms with Gasteiger partial charge in [0.05, 0.1) is 33.0 Å². The van der Waals surface area contributed by atoms with E-state index in [9.17, 15) is 14.7 Å². The lowest BCUT2D eigenvalue weighted by Crippen LogP contribution is -2.41. The third-order valence-electron chi connectivity index (χ3n) is 9.60. The number of benzene rings is 4. The van der Waals surface area contributed by atoms with Crippen molar-refractivity contribution in [1.82, 2.24) is 10.2 Å². The lowest BCUT2D eigenvalue weighted by molar-refractivity contribution is -0.253. The normalized spacial score (nSPS) is 18.8. The van der Waals surface area contributed by atoms with Crippen molar-refractivity contribution in [2.75, 3.05) is 27.3 Å². The van der Waals surface area contributed by atoms with Crippen molar-refractivity contribution >= 4 is 11.9 Å². The van der Waals surface area contributed by atoms with Crippen LogP contribution in [0.15, 0.2) is 84.9 Å². The van der Waals surface area contributed by atoms with Crippen LogP contribution in [0, 0.1) is 0 Å². The van der Waals surface area contributed by atoms with E-state index in [2.05, 4.69) is 34.5 Å². The zero-order valence-corrected chi connectivity index (χ0v) is 29.2. The molecule has 10 nitrogen and oxygen atoms in total. The summed E-state index contributed by atoms with van der Waals surface area (Å²) in [4.78, 5) is 25.3. The van der Waals surface area contributed by atoms with Gasteiger partial charge in [-0.15, -0.1) is 0 Å². The number of nitrogens with one attached hydrogen (secondary N) is 1. The van der Waals surface area contributed by atoms with Crippen LogP contribution in [0.5, 0.6) is 11.5 Å². The lowest BCUT2D eigenvalue weighted by atomic mass is 9.96. The minimum atomic E-state index is -0.899. The van der Waals surface area contributed by atoms with Gasteiger partial charge >= 0.3 is 5.97 Å². The number of hydrogen-bond donors (Lipinski definition) is 3. The number of fused-ring (bicyclic) bond motifs is 1. The van der Waals surface area contributed by atoms with E-state index in [1.807, 2.05) is 60.7 Å². The average molecular weight is 695 g/mol. The molecule has 2 aliphatic heterocycles. The number of aliphatic carboxylic acids is 1. The predicted octanol–water partition coefficient (Wildman–Crippen LogP) is 6.34. The average Bonchev–Trinajstić information content (AvgIpc) is 3.16. The Kier molecular flexibility index (Phi) is 12.0. The van der Waals surface area contributed by atoms with Gasteiger partial charge in [-0.25, -0.2) is 0 Å². The van der Waals surface area contributed by atoms with Gasteiger partial charge in [-0.1, -0.05) is 66.7 Å². The number of methoxy groups -OCH3 is 2. The lowest BCUT2D eigenvalue weighted by Gasteiger charge is -2.39. The first-order chi connectivity index (χ1) is 24.8. The van der Waals surface area contributed by atoms with E-state index in [1.165, 1.54) is 11.1 Å². The number of carboxylic acid groups (broad SMARTS) is 1. The van der Waals surface area contributed by atoms with Gasteiger partial charge in [0, 0.05) is 51.0 Å². The van der Waals surface area contributed by atoms with Crippen LogP contribution in [0.4, 0.5) is 0 Å². The molecule has 10 heteroatoms. The quantitative estimate of drug-likeness (QED) is 0.139. The van der Waals surface area contributed by atoms with Crippen molar-refractivity contribution in [2.45, 2.75) is 70.3 Å². The van der Waals surface area contributed by atoms with E-state index < -0.39 is 12.3 Å². The summed E-state index contributed by atoms with van der Waals surface area (Å²) in [5.41, 5.74) is 8.34. The molecule has 6 rings (SSSR count). The molecule has 0 radical (unpaired) electrons. The summed E-state index contributed by atoms with van der Waals surface area (Å²) in [7, 11) is 3.33. The summed E-state index contributed by atoms with van der Waals surface area (Å²) in [6, 6.07) is 28.3. The number of carbonyl (C=O) groups is 2. The van der Waals surface area contributed by atoms with Gasteiger partial charge < -0.3 is 34.5 Å². The number of nitrogens with zero attached hydrogens (tertiary/aromatic N) is 1. The van der Waals surface area contributed by atoms with Gasteiger partial charge in [-0.2, -0.15) is 0 Å². The number of aliphatic hydroxyl groups is 1. The fourth-order valence-corrected chi connectivity index (χ4v) is 6.80. The van der Waals surface area contributed by atoms with E-state index in [1.54, 1.807) is 14.2 Å². The van der Waals surface area contributed by atoms with Crippen LogP contribution in [0.1, 0.15) is 71.5 Å². The molecule has 0 saturated carbocycles. The Bertz CT molecular complexity index is 1790. The Hall–Kier alpha value is -4.74. The summed E-state index contributed by atoms with van der Waals surface area (Å²) in [6.45, 7) is 2.81. The van der Waals surface area contributed by atoms with E-state index in [-0.39, 0.29) is 37.6 Å². The summed E-state index contributed by atoms with van der Waals surface area (Å²) >= 11 is 0. The Labute approximate surface area is 298 Å². The van der Waals surface area contributed by atoms with Gasteiger partial charge in [-0.05, 0) is 70.0 Å². The van der Waals surface area contributed by atoms with E-state index >= 15 is 0 Å². The van der Waals surface area contributed by atoms with E-state index in [0.717, 1.165) is 70.9 Å². The van der Waals surface area contributed by atoms with Crippen molar-refractivity contribution in [2.24, 2.45) is 0 Å². The summed E-state index contributed by atoms with van der Waals surface area (Å²) in [5.74, 6) is 0.428. The second-order valence-corrected chi connectivity index (χ2v) is 13.2. The SMILES string of the molecule is COc1cc2c(cc1OC)CN(C[C@H]1C[C@@H](c3ccc(CO)cc3)O[C@@H](c3ccc(-c4cccc(CNC(=O)CCCC(=O)O)c4)cc3)O1)CC2. The van der Waals surface area contributed by atoms with Crippen LogP contribution in [0.3, 0.4) is 0 Å². The van der Waals surface area contributed by atoms with E-state index in [0.29, 0.717) is 19.4 Å². The third kappa shape index (κ3) is 9.33. The number of hydrogen-bond acceptors (Lipinski definition) is 8. The highest BCUT2D eigenvalue weighted by Crippen LogP contribution is 2.40. The van der Waals surface area contributed by atoms with Crippen LogP contribution >= 0.6 is 0 Å². The summed E-state index contributed by atoms with van der Waals surface area (Å²) in [5, 5.41) is 21.3. The van der Waals surface area contributed by atoms with Crippen molar-refractivity contribution in [3.05, 3.63) is 118 Å². The highest BCUT2D eigenvalue weighted by Gasteiger charge is 2.34. The van der Waals surface area contributed by atoms with Gasteiger partial charge in [0.2, 0.25) is 5.91 Å². The molecule has 51 heavy (non-hydrogen) atoms. The second-order valence-electron chi connectivity index (χ2n) is 13.2. The molecule has 4 aromatic rings. The Balaban J connectivity index is 1.15. The van der Waals surface area contributed by atoms with Crippen molar-refractivity contribution in [3.63, 3.8) is 0 Å². The number of carbonyl (C=O) groups excluding carboxylic acids is 1. The van der Waals surface area contributed by atoms with Crippen molar-refractivity contribution < 1.29 is 38.7 Å². The molecule has 3 atom stereocenters. The second kappa shape index (κ2) is 17.0. The summed E-state index contributed by atoms with van der Waals surface area (Å²) < 4.78 is 24.4. The van der Waals surface area contributed by atoms with Crippen molar-refractivity contribution in [3.8, 4) is 22.6 Å². The Morgan fingerprint density at radius 3 is 2.27 bits per heavy atom. The molecule has 0 unspecified atom stereocenters. The minimum absolute atomic E-state index is 0.00818. The Morgan fingerprint density at radius 1 is 0.843 bits per heavy atom. The minimum Gasteiger partial charge on any atom is -0.493 e. The smallest absolute Gasteiger partial charge is 0.303 e. The van der Waals surface area contributed by atoms with E-state index in [4.69, 9.17) is 24.1 Å². The van der Waals surface area contributed by atoms with Gasteiger partial charge in [0.15, 0.2) is 17.8 Å². The number of rotatable bonds is 14. The first-order valence-electron chi connectivity index (χ1n) is 17.5. The van der Waals surface area contributed by atoms with Crippen LogP contribution in [0.25, 0.3) is 11.1 Å². The van der Waals surface area contributed by atoms with Crippen molar-refractivity contribution in [1.29, 1.82) is 0 Å². The standard InChI is InChI=1S/C41H46N2O8/c1-48-37-20-33-17-18-43(24-34(33)21-38(37)49-2)25-35-22-36(30-11-9-27(26-44)10-12-30)51-41(50-35)31-15-13-29(14-16-31)32-6-3-5-28(19-32)23-42-39(45)7-4-8-40(46)47/h3,5-6,9-16,19-21,35-36,41,44H,4,7-8,17-18,22-26H2,1-2H3,(H,42,45)(H,46,47)/t35-,36+,41+/m1/s1.